The summed E-state index contributed by atoms with van der Waals surface area (Å²) in [6, 6.07) is 5.12. The predicted octanol–water partition coefficient (Wildman–Crippen LogP) is 1.83. The molecule has 0 fully saturated rings. The van der Waals surface area contributed by atoms with Gasteiger partial charge in [-0.2, -0.15) is 0 Å². The fourth-order valence-electron chi connectivity index (χ4n) is 1.69. The summed E-state index contributed by atoms with van der Waals surface area (Å²) in [7, 11) is 0. The summed E-state index contributed by atoms with van der Waals surface area (Å²) in [6.45, 7) is 1.81. The molecule has 2 aromatic rings. The van der Waals surface area contributed by atoms with Gasteiger partial charge in [-0.15, -0.1) is 0 Å². The first kappa shape index (κ1) is 12.1. The quantitative estimate of drug-likeness (QED) is 0.875. The summed E-state index contributed by atoms with van der Waals surface area (Å²) in [5.74, 6) is 0.867. The third-order valence-corrected chi connectivity index (χ3v) is 2.98. The number of nitrogens with zero attached hydrogens (tertiary/aromatic N) is 2. The van der Waals surface area contributed by atoms with Crippen LogP contribution in [0.15, 0.2) is 30.6 Å². The summed E-state index contributed by atoms with van der Waals surface area (Å²) in [5, 5.41) is 9.58. The number of hydrogen-bond donors (Lipinski definition) is 2. The average molecular weight is 252 g/mol. The Morgan fingerprint density at radius 2 is 2.29 bits per heavy atom. The highest BCUT2D eigenvalue weighted by molar-refractivity contribution is 6.32. The number of aryl methyl sites for hydroxylation is 1. The van der Waals surface area contributed by atoms with Crippen molar-refractivity contribution in [1.82, 2.24) is 9.55 Å². The van der Waals surface area contributed by atoms with Crippen molar-refractivity contribution in [2.24, 2.45) is 5.73 Å². The van der Waals surface area contributed by atoms with Crippen LogP contribution >= 0.6 is 11.6 Å². The summed E-state index contributed by atoms with van der Waals surface area (Å²) >= 11 is 6.21. The van der Waals surface area contributed by atoms with Gasteiger partial charge < -0.3 is 15.4 Å². The second-order valence-corrected chi connectivity index (χ2v) is 4.25. The topological polar surface area (TPSA) is 64.1 Å². The van der Waals surface area contributed by atoms with Crippen LogP contribution in [0.4, 0.5) is 0 Å². The van der Waals surface area contributed by atoms with Crippen molar-refractivity contribution < 1.29 is 5.11 Å². The number of nitrogens with two attached hydrogens (primary N) is 1. The van der Waals surface area contributed by atoms with E-state index in [1.807, 2.05) is 29.8 Å². The predicted molar refractivity (Wildman–Crippen MR) is 67.3 cm³/mol. The highest BCUT2D eigenvalue weighted by atomic mass is 35.5. The van der Waals surface area contributed by atoms with Crippen molar-refractivity contribution in [2.45, 2.75) is 13.0 Å². The molecule has 0 amide bonds. The molecule has 0 spiro atoms. The van der Waals surface area contributed by atoms with Gasteiger partial charge in [-0.3, -0.25) is 0 Å². The number of aliphatic hydroxyl groups excluding tert-OH is 1. The minimum Gasteiger partial charge on any atom is -0.394 e. The third kappa shape index (κ3) is 2.34. The smallest absolute Gasteiger partial charge is 0.110 e. The molecule has 1 heterocycles. The molecule has 90 valence electrons. The molecule has 17 heavy (non-hydrogen) atoms. The van der Waals surface area contributed by atoms with Crippen LogP contribution in [-0.2, 0) is 0 Å². The summed E-state index contributed by atoms with van der Waals surface area (Å²) in [6.07, 6.45) is 3.57. The van der Waals surface area contributed by atoms with E-state index < -0.39 is 6.04 Å². The van der Waals surface area contributed by atoms with Crippen LogP contribution < -0.4 is 5.73 Å². The molecule has 1 atom stereocenters. The number of imidazole rings is 1. The lowest BCUT2D eigenvalue weighted by Crippen LogP contribution is -2.14. The van der Waals surface area contributed by atoms with E-state index in [0.717, 1.165) is 17.1 Å². The Balaban J connectivity index is 2.42. The van der Waals surface area contributed by atoms with E-state index in [2.05, 4.69) is 4.98 Å². The second-order valence-electron chi connectivity index (χ2n) is 3.84. The minimum absolute atomic E-state index is 0.0974. The molecule has 1 unspecified atom stereocenters. The lowest BCUT2D eigenvalue weighted by Gasteiger charge is -2.12. The Kier molecular flexibility index (Phi) is 3.47. The Morgan fingerprint density at radius 3 is 2.82 bits per heavy atom. The molecule has 0 aliphatic heterocycles. The summed E-state index contributed by atoms with van der Waals surface area (Å²) < 4.78 is 1.90. The second kappa shape index (κ2) is 4.87. The maximum atomic E-state index is 8.99. The van der Waals surface area contributed by atoms with E-state index in [1.165, 1.54) is 0 Å². The maximum Gasteiger partial charge on any atom is 0.110 e. The number of aromatic nitrogens is 2. The van der Waals surface area contributed by atoms with E-state index in [9.17, 15) is 0 Å². The summed E-state index contributed by atoms with van der Waals surface area (Å²) in [5.41, 5.74) is 7.41. The fourth-order valence-corrected chi connectivity index (χ4v) is 1.97. The Morgan fingerprint density at radius 1 is 1.53 bits per heavy atom. The van der Waals surface area contributed by atoms with Crippen LogP contribution in [0.25, 0.3) is 5.69 Å². The van der Waals surface area contributed by atoms with Gasteiger partial charge in [-0.1, -0.05) is 17.7 Å². The van der Waals surface area contributed by atoms with E-state index in [1.54, 1.807) is 12.3 Å². The first-order valence-electron chi connectivity index (χ1n) is 5.29. The first-order chi connectivity index (χ1) is 8.13. The molecule has 0 aliphatic rings. The normalized spacial score (nSPS) is 12.7. The number of benzene rings is 1. The van der Waals surface area contributed by atoms with Crippen LogP contribution in [0.3, 0.4) is 0 Å². The van der Waals surface area contributed by atoms with Gasteiger partial charge in [0.1, 0.15) is 5.82 Å². The summed E-state index contributed by atoms with van der Waals surface area (Å²) in [4.78, 5) is 4.15. The van der Waals surface area contributed by atoms with E-state index in [-0.39, 0.29) is 6.61 Å². The minimum atomic E-state index is -0.398. The number of rotatable bonds is 3. The zero-order valence-electron chi connectivity index (χ0n) is 9.47. The van der Waals surface area contributed by atoms with Crippen LogP contribution in [0, 0.1) is 6.92 Å². The van der Waals surface area contributed by atoms with Gasteiger partial charge in [0, 0.05) is 12.4 Å². The zero-order chi connectivity index (χ0) is 12.4. The molecule has 2 rings (SSSR count). The van der Waals surface area contributed by atoms with Crippen LogP contribution in [0.5, 0.6) is 0 Å². The van der Waals surface area contributed by atoms with Crippen LogP contribution in [-0.4, -0.2) is 21.3 Å². The molecular formula is C12H14ClN3O. The van der Waals surface area contributed by atoms with E-state index in [0.29, 0.717) is 5.02 Å². The maximum absolute atomic E-state index is 8.99. The SMILES string of the molecule is Cc1nccn1-c1ccc(C(N)CO)cc1Cl. The van der Waals surface area contributed by atoms with Crippen molar-refractivity contribution in [3.05, 3.63) is 47.0 Å². The van der Waals surface area contributed by atoms with Crippen molar-refractivity contribution >= 4 is 11.6 Å². The van der Waals surface area contributed by atoms with Crippen LogP contribution in [0.1, 0.15) is 17.4 Å². The molecule has 1 aromatic heterocycles. The lowest BCUT2D eigenvalue weighted by atomic mass is 10.1. The molecule has 0 saturated carbocycles. The fraction of sp³-hybridized carbons (Fsp3) is 0.250. The van der Waals surface area contributed by atoms with Gasteiger partial charge in [0.2, 0.25) is 0 Å². The molecule has 0 bridgehead atoms. The number of hydrogen-bond acceptors (Lipinski definition) is 3. The Hall–Kier alpha value is -1.36. The van der Waals surface area contributed by atoms with Gasteiger partial charge >= 0.3 is 0 Å². The van der Waals surface area contributed by atoms with Gasteiger partial charge in [0.25, 0.3) is 0 Å². The number of aliphatic hydroxyl groups is 1. The monoisotopic (exact) mass is 251 g/mol. The average Bonchev–Trinajstić information content (AvgIpc) is 2.74. The Labute approximate surface area is 105 Å². The van der Waals surface area contributed by atoms with Gasteiger partial charge in [0.15, 0.2) is 0 Å². The zero-order valence-corrected chi connectivity index (χ0v) is 10.2. The molecule has 0 saturated heterocycles. The largest absolute Gasteiger partial charge is 0.394 e. The van der Waals surface area contributed by atoms with Crippen LogP contribution in [0.2, 0.25) is 5.02 Å². The molecule has 3 N–H and O–H groups in total. The molecule has 4 nitrogen and oxygen atoms in total. The standard InChI is InChI=1S/C12H14ClN3O/c1-8-15-4-5-16(8)12-3-2-9(6-10(12)13)11(14)7-17/h2-6,11,17H,7,14H2,1H3. The molecular weight excluding hydrogens is 238 g/mol. The van der Waals surface area contributed by atoms with Gasteiger partial charge in [-0.25, -0.2) is 4.98 Å². The lowest BCUT2D eigenvalue weighted by molar-refractivity contribution is 0.268. The number of halogens is 1. The first-order valence-corrected chi connectivity index (χ1v) is 5.67. The van der Waals surface area contributed by atoms with E-state index >= 15 is 0 Å². The third-order valence-electron chi connectivity index (χ3n) is 2.68. The van der Waals surface area contributed by atoms with Crippen molar-refractivity contribution in [1.29, 1.82) is 0 Å². The van der Waals surface area contributed by atoms with Crippen molar-refractivity contribution in [3.63, 3.8) is 0 Å². The molecule has 0 radical (unpaired) electrons. The molecule has 1 aromatic carbocycles. The van der Waals surface area contributed by atoms with E-state index in [4.69, 9.17) is 22.4 Å². The highest BCUT2D eigenvalue weighted by Gasteiger charge is 2.09. The van der Waals surface area contributed by atoms with Gasteiger partial charge in [0.05, 0.1) is 23.4 Å². The molecule has 0 aliphatic carbocycles. The highest BCUT2D eigenvalue weighted by Crippen LogP contribution is 2.24. The molecule has 5 heteroatoms. The van der Waals surface area contributed by atoms with Crippen molar-refractivity contribution in [2.75, 3.05) is 6.61 Å². The van der Waals surface area contributed by atoms with Crippen molar-refractivity contribution in [3.8, 4) is 5.69 Å². The Bertz CT molecular complexity index is 524. The van der Waals surface area contributed by atoms with Gasteiger partial charge in [-0.05, 0) is 24.6 Å².